The Hall–Kier alpha value is -1.31. The van der Waals surface area contributed by atoms with Crippen molar-refractivity contribution in [1.29, 1.82) is 0 Å². The van der Waals surface area contributed by atoms with Crippen LogP contribution in [0.15, 0.2) is 36.5 Å². The van der Waals surface area contributed by atoms with Crippen molar-refractivity contribution in [3.05, 3.63) is 36.5 Å². The van der Waals surface area contributed by atoms with Crippen LogP contribution in [-0.4, -0.2) is 11.1 Å². The van der Waals surface area contributed by atoms with Crippen LogP contribution in [0.4, 0.5) is 0 Å². The van der Waals surface area contributed by atoms with Crippen LogP contribution in [0.3, 0.4) is 0 Å². The lowest BCUT2D eigenvalue weighted by atomic mass is 10.0. The zero-order valence-electron chi connectivity index (χ0n) is 22.8. The first kappa shape index (κ1) is 32.7. The Balaban J connectivity index is 3.12. The van der Waals surface area contributed by atoms with Crippen molar-refractivity contribution in [3.63, 3.8) is 0 Å². The summed E-state index contributed by atoms with van der Waals surface area (Å²) < 4.78 is 0. The fraction of sp³-hybridized carbons (Fsp3) is 0.781. The summed E-state index contributed by atoms with van der Waals surface area (Å²) >= 11 is 0. The fourth-order valence-corrected chi connectivity index (χ4v) is 4.49. The molecular weight excluding hydrogens is 416 g/mol. The Morgan fingerprint density at radius 1 is 0.471 bits per heavy atom. The molecule has 0 saturated carbocycles. The molecule has 0 bridgehead atoms. The van der Waals surface area contributed by atoms with Crippen LogP contribution in [0.2, 0.25) is 0 Å². The highest BCUT2D eigenvalue weighted by Crippen LogP contribution is 2.15. The van der Waals surface area contributed by atoms with Gasteiger partial charge in [-0.3, -0.25) is 0 Å². The standard InChI is InChI=1S/C32H58O2/c1-2-3-4-5-6-7-8-9-10-11-12-13-14-15-16-17-18-19-20-21-22-23-24-25-26-27-28-29-30-31-32(33)34/h26-31H,2-25H2,1H3,(H,33,34). The molecule has 0 aliphatic carbocycles. The molecule has 0 spiro atoms. The van der Waals surface area contributed by atoms with Crippen molar-refractivity contribution in [2.45, 2.75) is 161 Å². The summed E-state index contributed by atoms with van der Waals surface area (Å²) in [5.41, 5.74) is 0. The molecule has 0 fully saturated rings. The minimum atomic E-state index is -0.904. The predicted octanol–water partition coefficient (Wildman–Crippen LogP) is 11.1. The van der Waals surface area contributed by atoms with Crippen molar-refractivity contribution < 1.29 is 9.90 Å². The molecule has 0 aromatic carbocycles. The Bertz CT molecular complexity index is 489. The van der Waals surface area contributed by atoms with E-state index in [2.05, 4.69) is 13.0 Å². The predicted molar refractivity (Wildman–Crippen MR) is 152 cm³/mol. The third-order valence-corrected chi connectivity index (χ3v) is 6.68. The third kappa shape index (κ3) is 30.7. The molecule has 0 amide bonds. The normalized spacial score (nSPS) is 12.0. The second-order valence-electron chi connectivity index (χ2n) is 10.1. The summed E-state index contributed by atoms with van der Waals surface area (Å²) in [6.45, 7) is 2.29. The topological polar surface area (TPSA) is 37.3 Å². The summed E-state index contributed by atoms with van der Waals surface area (Å²) in [5, 5.41) is 8.48. The molecular formula is C32H58O2. The van der Waals surface area contributed by atoms with Crippen LogP contribution < -0.4 is 0 Å². The largest absolute Gasteiger partial charge is 0.478 e. The van der Waals surface area contributed by atoms with Gasteiger partial charge in [-0.25, -0.2) is 4.79 Å². The van der Waals surface area contributed by atoms with E-state index in [4.69, 9.17) is 5.11 Å². The molecule has 0 saturated heterocycles. The first-order valence-electron chi connectivity index (χ1n) is 15.0. The summed E-state index contributed by atoms with van der Waals surface area (Å²) in [6, 6.07) is 0. The molecule has 0 atom stereocenters. The van der Waals surface area contributed by atoms with E-state index >= 15 is 0 Å². The number of aliphatic carboxylic acids is 1. The third-order valence-electron chi connectivity index (χ3n) is 6.68. The lowest BCUT2D eigenvalue weighted by Crippen LogP contribution is -1.84. The summed E-state index contributed by atoms with van der Waals surface area (Å²) in [4.78, 5) is 10.3. The van der Waals surface area contributed by atoms with E-state index in [0.29, 0.717) is 0 Å². The van der Waals surface area contributed by atoms with Gasteiger partial charge in [-0.15, -0.1) is 0 Å². The van der Waals surface area contributed by atoms with Gasteiger partial charge in [0.15, 0.2) is 0 Å². The van der Waals surface area contributed by atoms with Gasteiger partial charge in [0.2, 0.25) is 0 Å². The number of rotatable bonds is 27. The minimum absolute atomic E-state index is 0.904. The van der Waals surface area contributed by atoms with Crippen molar-refractivity contribution in [3.8, 4) is 0 Å². The zero-order chi connectivity index (χ0) is 24.8. The summed E-state index contributed by atoms with van der Waals surface area (Å²) in [6.07, 6.45) is 44.5. The lowest BCUT2D eigenvalue weighted by Gasteiger charge is -2.04. The van der Waals surface area contributed by atoms with E-state index in [9.17, 15) is 4.79 Å². The van der Waals surface area contributed by atoms with Gasteiger partial charge in [0.25, 0.3) is 0 Å². The van der Waals surface area contributed by atoms with E-state index in [1.54, 1.807) is 12.2 Å². The van der Waals surface area contributed by atoms with Crippen molar-refractivity contribution >= 4 is 5.97 Å². The molecule has 198 valence electrons. The van der Waals surface area contributed by atoms with Crippen LogP contribution in [0, 0.1) is 0 Å². The number of carbonyl (C=O) groups is 1. The molecule has 0 aliphatic rings. The van der Waals surface area contributed by atoms with E-state index in [-0.39, 0.29) is 0 Å². The SMILES string of the molecule is CCCCCCCCCCCCCCCCCCCCCCCCCC=CC=CC=CC(=O)O. The van der Waals surface area contributed by atoms with Crippen LogP contribution in [0.25, 0.3) is 0 Å². The van der Waals surface area contributed by atoms with Crippen molar-refractivity contribution in [1.82, 2.24) is 0 Å². The Labute approximate surface area is 213 Å². The van der Waals surface area contributed by atoms with Gasteiger partial charge in [0.05, 0.1) is 0 Å². The summed E-state index contributed by atoms with van der Waals surface area (Å²) in [5.74, 6) is -0.904. The molecule has 0 unspecified atom stereocenters. The zero-order valence-corrected chi connectivity index (χ0v) is 22.8. The smallest absolute Gasteiger partial charge is 0.328 e. The monoisotopic (exact) mass is 474 g/mol. The number of unbranched alkanes of at least 4 members (excludes halogenated alkanes) is 23. The first-order valence-corrected chi connectivity index (χ1v) is 15.0. The number of hydrogen-bond acceptors (Lipinski definition) is 1. The lowest BCUT2D eigenvalue weighted by molar-refractivity contribution is -0.131. The Morgan fingerprint density at radius 2 is 0.794 bits per heavy atom. The second kappa shape index (κ2) is 29.7. The Morgan fingerprint density at radius 3 is 1.15 bits per heavy atom. The maximum absolute atomic E-state index is 10.3. The van der Waals surface area contributed by atoms with E-state index in [1.807, 2.05) is 12.2 Å². The van der Waals surface area contributed by atoms with Gasteiger partial charge in [0, 0.05) is 6.08 Å². The van der Waals surface area contributed by atoms with E-state index in [1.165, 1.54) is 148 Å². The molecule has 0 rings (SSSR count). The van der Waals surface area contributed by atoms with Crippen LogP contribution >= 0.6 is 0 Å². The van der Waals surface area contributed by atoms with Crippen molar-refractivity contribution in [2.75, 3.05) is 0 Å². The van der Waals surface area contributed by atoms with Crippen LogP contribution in [0.1, 0.15) is 161 Å². The number of carboxylic acid groups (broad SMARTS) is 1. The second-order valence-corrected chi connectivity index (χ2v) is 10.1. The van der Waals surface area contributed by atoms with Gasteiger partial charge in [-0.05, 0) is 12.8 Å². The van der Waals surface area contributed by atoms with E-state index < -0.39 is 5.97 Å². The van der Waals surface area contributed by atoms with Crippen LogP contribution in [-0.2, 0) is 4.79 Å². The molecule has 0 aliphatic heterocycles. The maximum Gasteiger partial charge on any atom is 0.328 e. The number of carboxylic acids is 1. The van der Waals surface area contributed by atoms with Crippen molar-refractivity contribution in [2.24, 2.45) is 0 Å². The van der Waals surface area contributed by atoms with Crippen LogP contribution in [0.5, 0.6) is 0 Å². The van der Waals surface area contributed by atoms with Gasteiger partial charge in [-0.1, -0.05) is 179 Å². The van der Waals surface area contributed by atoms with Gasteiger partial charge < -0.3 is 5.11 Å². The molecule has 0 aromatic heterocycles. The highest BCUT2D eigenvalue weighted by molar-refractivity contribution is 5.80. The Kier molecular flexibility index (Phi) is 28.6. The molecule has 1 N–H and O–H groups in total. The number of hydrogen-bond donors (Lipinski definition) is 1. The maximum atomic E-state index is 10.3. The average molecular weight is 475 g/mol. The fourth-order valence-electron chi connectivity index (χ4n) is 4.49. The minimum Gasteiger partial charge on any atom is -0.478 e. The first-order chi connectivity index (χ1) is 16.8. The average Bonchev–Trinajstić information content (AvgIpc) is 2.83. The molecule has 2 heteroatoms. The van der Waals surface area contributed by atoms with Gasteiger partial charge in [-0.2, -0.15) is 0 Å². The quantitative estimate of drug-likeness (QED) is 0.0730. The highest BCUT2D eigenvalue weighted by Gasteiger charge is 1.96. The van der Waals surface area contributed by atoms with Gasteiger partial charge >= 0.3 is 5.97 Å². The molecule has 2 nitrogen and oxygen atoms in total. The number of allylic oxidation sites excluding steroid dienone is 5. The molecule has 0 aromatic rings. The molecule has 0 radical (unpaired) electrons. The molecule has 0 heterocycles. The highest BCUT2D eigenvalue weighted by atomic mass is 16.4. The van der Waals surface area contributed by atoms with E-state index in [0.717, 1.165) is 12.5 Å². The molecule has 34 heavy (non-hydrogen) atoms. The van der Waals surface area contributed by atoms with Gasteiger partial charge in [0.1, 0.15) is 0 Å². The summed E-state index contributed by atoms with van der Waals surface area (Å²) in [7, 11) is 0.